The highest BCUT2D eigenvalue weighted by Crippen LogP contribution is 2.27. The Bertz CT molecular complexity index is 773. The Kier molecular flexibility index (Phi) is 4.81. The summed E-state index contributed by atoms with van der Waals surface area (Å²) in [4.78, 5) is 14.5. The van der Waals surface area contributed by atoms with E-state index in [9.17, 15) is 4.79 Å². The highest BCUT2D eigenvalue weighted by Gasteiger charge is 2.23. The van der Waals surface area contributed by atoms with Crippen molar-refractivity contribution >= 4 is 28.9 Å². The van der Waals surface area contributed by atoms with E-state index in [0.717, 1.165) is 18.7 Å². The van der Waals surface area contributed by atoms with E-state index in [0.29, 0.717) is 16.4 Å². The Balaban J connectivity index is 1.70. The van der Waals surface area contributed by atoms with Gasteiger partial charge in [0.2, 0.25) is 0 Å². The number of thiocarbonyl (C=S) groups is 1. The molecule has 0 atom stereocenters. The quantitative estimate of drug-likeness (QED) is 0.868. The van der Waals surface area contributed by atoms with Crippen LogP contribution in [0.1, 0.15) is 29.8 Å². The molecule has 0 fully saturated rings. The fourth-order valence-electron chi connectivity index (χ4n) is 2.77. The van der Waals surface area contributed by atoms with Gasteiger partial charge in [-0.3, -0.25) is 10.1 Å². The summed E-state index contributed by atoms with van der Waals surface area (Å²) in [5, 5.41) is 3.25. The number of ether oxygens (including phenoxy) is 1. The van der Waals surface area contributed by atoms with E-state index in [1.165, 1.54) is 5.56 Å². The second-order valence-electron chi connectivity index (χ2n) is 5.98. The lowest BCUT2D eigenvalue weighted by molar-refractivity contribution is 0.0976. The van der Waals surface area contributed by atoms with Crippen LogP contribution in [0, 0.1) is 0 Å². The zero-order valence-electron chi connectivity index (χ0n) is 13.8. The fourth-order valence-corrected chi connectivity index (χ4v) is 3.05. The molecule has 0 spiro atoms. The van der Waals surface area contributed by atoms with Gasteiger partial charge in [-0.05, 0) is 62.3 Å². The molecule has 1 heterocycles. The minimum Gasteiger partial charge on any atom is -0.491 e. The Labute approximate surface area is 147 Å². The normalized spacial score (nSPS) is 12.9. The lowest BCUT2D eigenvalue weighted by atomic mass is 10.2. The van der Waals surface area contributed by atoms with E-state index in [-0.39, 0.29) is 12.0 Å². The smallest absolute Gasteiger partial charge is 0.257 e. The molecule has 1 aliphatic heterocycles. The lowest BCUT2D eigenvalue weighted by Crippen LogP contribution is -2.41. The lowest BCUT2D eigenvalue weighted by Gasteiger charge is -2.20. The molecule has 0 bridgehead atoms. The van der Waals surface area contributed by atoms with Crippen molar-refractivity contribution in [3.05, 3.63) is 59.7 Å². The predicted octanol–water partition coefficient (Wildman–Crippen LogP) is 3.55. The molecule has 3 rings (SSSR count). The van der Waals surface area contributed by atoms with E-state index < -0.39 is 0 Å². The fraction of sp³-hybridized carbons (Fsp3) is 0.263. The van der Waals surface area contributed by atoms with Crippen LogP contribution in [-0.4, -0.2) is 23.7 Å². The predicted molar refractivity (Wildman–Crippen MR) is 99.8 cm³/mol. The summed E-state index contributed by atoms with van der Waals surface area (Å²) in [5.41, 5.74) is 2.85. The number of nitrogens with zero attached hydrogens (tertiary/aromatic N) is 1. The Hall–Kier alpha value is -2.40. The Morgan fingerprint density at radius 2 is 2.00 bits per heavy atom. The van der Waals surface area contributed by atoms with E-state index in [4.69, 9.17) is 17.0 Å². The number of benzene rings is 2. The van der Waals surface area contributed by atoms with Gasteiger partial charge in [0.05, 0.1) is 6.10 Å². The van der Waals surface area contributed by atoms with Gasteiger partial charge < -0.3 is 9.64 Å². The maximum atomic E-state index is 12.5. The number of amides is 1. The summed E-state index contributed by atoms with van der Waals surface area (Å²) >= 11 is 5.43. The van der Waals surface area contributed by atoms with Crippen molar-refractivity contribution in [3.63, 3.8) is 0 Å². The number of rotatable bonds is 3. The molecule has 0 aromatic heterocycles. The molecule has 4 nitrogen and oxygen atoms in total. The summed E-state index contributed by atoms with van der Waals surface area (Å²) < 4.78 is 5.63. The standard InChI is InChI=1S/C19H20N2O2S/c1-13(2)23-16-8-5-7-15(12-16)18(22)20-19(24)21-11-10-14-6-3-4-9-17(14)21/h3-9,12-13H,10-11H2,1-2H3,(H,20,22,24). The third-order valence-electron chi connectivity index (χ3n) is 3.82. The minimum absolute atomic E-state index is 0.0606. The molecule has 0 unspecified atom stereocenters. The van der Waals surface area contributed by atoms with Crippen LogP contribution in [-0.2, 0) is 6.42 Å². The first kappa shape index (κ1) is 16.5. The monoisotopic (exact) mass is 340 g/mol. The molecule has 0 radical (unpaired) electrons. The van der Waals surface area contributed by atoms with Gasteiger partial charge in [-0.25, -0.2) is 0 Å². The third kappa shape index (κ3) is 3.57. The van der Waals surface area contributed by atoms with E-state index in [1.807, 2.05) is 43.0 Å². The molecule has 0 saturated heterocycles. The minimum atomic E-state index is -0.224. The summed E-state index contributed by atoms with van der Waals surface area (Å²) in [7, 11) is 0. The average molecular weight is 340 g/mol. The second kappa shape index (κ2) is 7.01. The van der Waals surface area contributed by atoms with E-state index in [2.05, 4.69) is 11.4 Å². The Morgan fingerprint density at radius 1 is 1.21 bits per heavy atom. The van der Waals surface area contributed by atoms with Gasteiger partial charge >= 0.3 is 0 Å². The first-order chi connectivity index (χ1) is 11.5. The van der Waals surface area contributed by atoms with Crippen LogP contribution in [0.5, 0.6) is 5.75 Å². The number of para-hydroxylation sites is 1. The number of anilines is 1. The van der Waals surface area contributed by atoms with Crippen LogP contribution in [0.15, 0.2) is 48.5 Å². The first-order valence-electron chi connectivity index (χ1n) is 8.02. The Morgan fingerprint density at radius 3 is 2.79 bits per heavy atom. The molecule has 24 heavy (non-hydrogen) atoms. The highest BCUT2D eigenvalue weighted by atomic mass is 32.1. The topological polar surface area (TPSA) is 41.6 Å². The largest absolute Gasteiger partial charge is 0.491 e. The summed E-state index contributed by atoms with van der Waals surface area (Å²) in [6.45, 7) is 4.69. The molecule has 2 aromatic rings. The van der Waals surface area contributed by atoms with E-state index >= 15 is 0 Å². The average Bonchev–Trinajstić information content (AvgIpc) is 2.98. The van der Waals surface area contributed by atoms with Gasteiger partial charge in [-0.1, -0.05) is 24.3 Å². The van der Waals surface area contributed by atoms with Gasteiger partial charge in [0.1, 0.15) is 5.75 Å². The van der Waals surface area contributed by atoms with Crippen LogP contribution < -0.4 is 15.0 Å². The highest BCUT2D eigenvalue weighted by molar-refractivity contribution is 7.80. The maximum absolute atomic E-state index is 12.5. The number of carbonyl (C=O) groups is 1. The van der Waals surface area contributed by atoms with Gasteiger partial charge in [0, 0.05) is 17.8 Å². The number of fused-ring (bicyclic) bond motifs is 1. The zero-order chi connectivity index (χ0) is 17.1. The van der Waals surface area contributed by atoms with Crippen molar-refractivity contribution in [2.24, 2.45) is 0 Å². The SMILES string of the molecule is CC(C)Oc1cccc(C(=O)NC(=S)N2CCc3ccccc32)c1. The second-order valence-corrected chi connectivity index (χ2v) is 6.37. The van der Waals surface area contributed by atoms with Crippen LogP contribution >= 0.6 is 12.2 Å². The van der Waals surface area contributed by atoms with Gasteiger partial charge in [-0.15, -0.1) is 0 Å². The van der Waals surface area contributed by atoms with Crippen molar-refractivity contribution in [2.45, 2.75) is 26.4 Å². The van der Waals surface area contributed by atoms with Crippen molar-refractivity contribution < 1.29 is 9.53 Å². The molecule has 124 valence electrons. The maximum Gasteiger partial charge on any atom is 0.257 e. The third-order valence-corrected chi connectivity index (χ3v) is 4.14. The van der Waals surface area contributed by atoms with Crippen LogP contribution in [0.3, 0.4) is 0 Å². The summed E-state index contributed by atoms with van der Waals surface area (Å²) in [5.74, 6) is 0.452. The van der Waals surface area contributed by atoms with Crippen LogP contribution in [0.25, 0.3) is 0 Å². The van der Waals surface area contributed by atoms with Gasteiger partial charge in [0.15, 0.2) is 5.11 Å². The molecular weight excluding hydrogens is 320 g/mol. The van der Waals surface area contributed by atoms with Crippen molar-refractivity contribution in [1.29, 1.82) is 0 Å². The molecule has 5 heteroatoms. The molecule has 2 aromatic carbocycles. The van der Waals surface area contributed by atoms with Gasteiger partial charge in [0.25, 0.3) is 5.91 Å². The van der Waals surface area contributed by atoms with Crippen molar-refractivity contribution in [3.8, 4) is 5.75 Å². The number of nitrogens with one attached hydrogen (secondary N) is 1. The van der Waals surface area contributed by atoms with E-state index in [1.54, 1.807) is 18.2 Å². The summed E-state index contributed by atoms with van der Waals surface area (Å²) in [6.07, 6.45) is 0.995. The number of carbonyl (C=O) groups excluding carboxylic acids is 1. The molecule has 0 saturated carbocycles. The number of hydrogen-bond acceptors (Lipinski definition) is 3. The van der Waals surface area contributed by atoms with Crippen molar-refractivity contribution in [1.82, 2.24) is 5.32 Å². The van der Waals surface area contributed by atoms with Crippen LogP contribution in [0.4, 0.5) is 5.69 Å². The number of hydrogen-bond donors (Lipinski definition) is 1. The zero-order valence-corrected chi connectivity index (χ0v) is 14.6. The summed E-state index contributed by atoms with van der Waals surface area (Å²) in [6, 6.07) is 15.2. The first-order valence-corrected chi connectivity index (χ1v) is 8.43. The molecule has 1 amide bonds. The molecule has 1 N–H and O–H groups in total. The molecule has 0 aliphatic carbocycles. The van der Waals surface area contributed by atoms with Gasteiger partial charge in [-0.2, -0.15) is 0 Å². The molecular formula is C19H20N2O2S. The molecule has 1 aliphatic rings. The van der Waals surface area contributed by atoms with Crippen molar-refractivity contribution in [2.75, 3.05) is 11.4 Å². The van der Waals surface area contributed by atoms with Crippen LogP contribution in [0.2, 0.25) is 0 Å².